The molecule has 0 aliphatic heterocycles. The lowest BCUT2D eigenvalue weighted by Gasteiger charge is -2.26. The van der Waals surface area contributed by atoms with Gasteiger partial charge in [-0.05, 0) is 18.4 Å². The quantitative estimate of drug-likeness (QED) is 0.847. The molecule has 15 heavy (non-hydrogen) atoms. The van der Waals surface area contributed by atoms with Crippen LogP contribution >= 0.6 is 11.8 Å². The molecule has 1 saturated carbocycles. The maximum atomic E-state index is 9.83. The monoisotopic (exact) mass is 222 g/mol. The molecule has 0 aromatic heterocycles. The van der Waals surface area contributed by atoms with Crippen molar-refractivity contribution in [2.24, 2.45) is 0 Å². The number of aliphatic hydroxyl groups is 1. The van der Waals surface area contributed by atoms with Crippen LogP contribution in [-0.4, -0.2) is 16.5 Å². The summed E-state index contributed by atoms with van der Waals surface area (Å²) in [5.74, 6) is 1.03. The second-order valence-corrected chi connectivity index (χ2v) is 5.41. The number of thioether (sulfide) groups is 1. The Balaban J connectivity index is 1.82. The number of benzene rings is 1. The third-order valence-corrected chi connectivity index (χ3v) is 4.45. The molecule has 1 aromatic rings. The lowest BCUT2D eigenvalue weighted by Crippen LogP contribution is -2.26. The Morgan fingerprint density at radius 2 is 1.87 bits per heavy atom. The zero-order valence-corrected chi connectivity index (χ0v) is 9.75. The Kier molecular flexibility index (Phi) is 4.09. The van der Waals surface area contributed by atoms with Gasteiger partial charge in [0.25, 0.3) is 0 Å². The molecule has 0 bridgehead atoms. The first-order valence-electron chi connectivity index (χ1n) is 5.70. The smallest absolute Gasteiger partial charge is 0.0658 e. The fraction of sp³-hybridized carbons (Fsp3) is 0.538. The molecule has 0 unspecified atom stereocenters. The molecule has 2 atom stereocenters. The van der Waals surface area contributed by atoms with Crippen molar-refractivity contribution in [3.63, 3.8) is 0 Å². The molecule has 1 aliphatic rings. The van der Waals surface area contributed by atoms with E-state index in [1.165, 1.54) is 24.8 Å². The summed E-state index contributed by atoms with van der Waals surface area (Å²) in [6.07, 6.45) is 4.57. The highest BCUT2D eigenvalue weighted by molar-refractivity contribution is 7.99. The normalized spacial score (nSPS) is 26.5. The average Bonchev–Trinajstić information content (AvgIpc) is 2.29. The van der Waals surface area contributed by atoms with E-state index in [0.717, 1.165) is 12.2 Å². The Bertz CT molecular complexity index is 286. The molecule has 2 heteroatoms. The van der Waals surface area contributed by atoms with E-state index in [2.05, 4.69) is 24.3 Å². The van der Waals surface area contributed by atoms with Gasteiger partial charge in [0.2, 0.25) is 0 Å². The van der Waals surface area contributed by atoms with Crippen LogP contribution in [0, 0.1) is 0 Å². The van der Waals surface area contributed by atoms with Crippen molar-refractivity contribution in [1.29, 1.82) is 0 Å². The van der Waals surface area contributed by atoms with Gasteiger partial charge in [-0.2, -0.15) is 11.8 Å². The predicted molar refractivity (Wildman–Crippen MR) is 66.0 cm³/mol. The number of rotatable bonds is 3. The molecule has 82 valence electrons. The number of hydrogen-bond acceptors (Lipinski definition) is 2. The van der Waals surface area contributed by atoms with E-state index in [-0.39, 0.29) is 6.10 Å². The van der Waals surface area contributed by atoms with Crippen molar-refractivity contribution in [1.82, 2.24) is 0 Å². The van der Waals surface area contributed by atoms with Crippen molar-refractivity contribution >= 4 is 11.8 Å². The second kappa shape index (κ2) is 5.57. The summed E-state index contributed by atoms with van der Waals surface area (Å²) in [7, 11) is 0. The lowest BCUT2D eigenvalue weighted by atomic mass is 9.97. The Labute approximate surface area is 95.9 Å². The minimum atomic E-state index is -0.0764. The first-order chi connectivity index (χ1) is 7.36. The van der Waals surface area contributed by atoms with Crippen molar-refractivity contribution in [3.05, 3.63) is 35.9 Å². The van der Waals surface area contributed by atoms with E-state index in [1.807, 2.05) is 17.8 Å². The molecule has 1 N–H and O–H groups in total. The van der Waals surface area contributed by atoms with E-state index in [4.69, 9.17) is 0 Å². The summed E-state index contributed by atoms with van der Waals surface area (Å²) >= 11 is 1.91. The molecule has 1 aromatic carbocycles. The molecular formula is C13H18OS. The zero-order valence-electron chi connectivity index (χ0n) is 8.93. The Morgan fingerprint density at radius 3 is 2.60 bits per heavy atom. The highest BCUT2D eigenvalue weighted by Gasteiger charge is 2.22. The summed E-state index contributed by atoms with van der Waals surface area (Å²) in [5.41, 5.74) is 1.36. The zero-order chi connectivity index (χ0) is 10.5. The molecule has 0 spiro atoms. The van der Waals surface area contributed by atoms with E-state index in [0.29, 0.717) is 5.25 Å². The van der Waals surface area contributed by atoms with Gasteiger partial charge in [0, 0.05) is 11.0 Å². The molecule has 0 heterocycles. The van der Waals surface area contributed by atoms with Crippen LogP contribution in [0.5, 0.6) is 0 Å². The predicted octanol–water partition coefficient (Wildman–Crippen LogP) is 3.22. The standard InChI is InChI=1S/C13H18OS/c14-12-8-4-5-9-13(12)15-10-11-6-2-1-3-7-11/h1-3,6-7,12-14H,4-5,8-10H2/t12-,13-/m0/s1. The van der Waals surface area contributed by atoms with Crippen LogP contribution in [0.3, 0.4) is 0 Å². The van der Waals surface area contributed by atoms with Crippen molar-refractivity contribution < 1.29 is 5.11 Å². The third-order valence-electron chi connectivity index (χ3n) is 2.97. The molecule has 1 fully saturated rings. The van der Waals surface area contributed by atoms with E-state index in [9.17, 15) is 5.11 Å². The van der Waals surface area contributed by atoms with E-state index in [1.54, 1.807) is 0 Å². The van der Waals surface area contributed by atoms with Gasteiger partial charge in [-0.25, -0.2) is 0 Å². The number of aliphatic hydroxyl groups excluding tert-OH is 1. The molecule has 1 nitrogen and oxygen atoms in total. The molecule has 0 saturated heterocycles. The fourth-order valence-corrected chi connectivity index (χ4v) is 3.34. The SMILES string of the molecule is O[C@H]1CCCC[C@@H]1SCc1ccccc1. The molecular weight excluding hydrogens is 204 g/mol. The first-order valence-corrected chi connectivity index (χ1v) is 6.75. The first kappa shape index (κ1) is 11.0. The minimum absolute atomic E-state index is 0.0764. The van der Waals surface area contributed by atoms with E-state index >= 15 is 0 Å². The van der Waals surface area contributed by atoms with Gasteiger partial charge in [0.05, 0.1) is 6.10 Å². The number of hydrogen-bond donors (Lipinski definition) is 1. The van der Waals surface area contributed by atoms with Gasteiger partial charge in [-0.1, -0.05) is 43.2 Å². The molecule has 2 rings (SSSR count). The summed E-state index contributed by atoms with van der Waals surface area (Å²) in [6.45, 7) is 0. The summed E-state index contributed by atoms with van der Waals surface area (Å²) in [5, 5.41) is 10.3. The van der Waals surface area contributed by atoms with Crippen molar-refractivity contribution in [2.45, 2.75) is 42.8 Å². The molecule has 0 radical (unpaired) electrons. The van der Waals surface area contributed by atoms with Crippen LogP contribution in [0.2, 0.25) is 0 Å². The van der Waals surface area contributed by atoms with Gasteiger partial charge in [-0.3, -0.25) is 0 Å². The Hall–Kier alpha value is -0.470. The lowest BCUT2D eigenvalue weighted by molar-refractivity contribution is 0.137. The average molecular weight is 222 g/mol. The van der Waals surface area contributed by atoms with Gasteiger partial charge in [0.1, 0.15) is 0 Å². The molecule has 1 aliphatic carbocycles. The molecule has 0 amide bonds. The van der Waals surface area contributed by atoms with Crippen LogP contribution in [0.1, 0.15) is 31.2 Å². The van der Waals surface area contributed by atoms with Crippen molar-refractivity contribution in [3.8, 4) is 0 Å². The highest BCUT2D eigenvalue weighted by atomic mass is 32.2. The van der Waals surface area contributed by atoms with Gasteiger partial charge in [-0.15, -0.1) is 0 Å². The van der Waals surface area contributed by atoms with E-state index < -0.39 is 0 Å². The summed E-state index contributed by atoms with van der Waals surface area (Å²) in [6, 6.07) is 10.5. The second-order valence-electron chi connectivity index (χ2n) is 4.19. The topological polar surface area (TPSA) is 20.2 Å². The largest absolute Gasteiger partial charge is 0.392 e. The van der Waals surface area contributed by atoms with Gasteiger partial charge >= 0.3 is 0 Å². The maximum Gasteiger partial charge on any atom is 0.0658 e. The highest BCUT2D eigenvalue weighted by Crippen LogP contribution is 2.30. The van der Waals surface area contributed by atoms with Gasteiger partial charge < -0.3 is 5.11 Å². The van der Waals surface area contributed by atoms with Crippen LogP contribution in [-0.2, 0) is 5.75 Å². The maximum absolute atomic E-state index is 9.83. The van der Waals surface area contributed by atoms with Crippen LogP contribution in [0.25, 0.3) is 0 Å². The van der Waals surface area contributed by atoms with Gasteiger partial charge in [0.15, 0.2) is 0 Å². The summed E-state index contributed by atoms with van der Waals surface area (Å²) < 4.78 is 0. The fourth-order valence-electron chi connectivity index (χ4n) is 2.05. The third kappa shape index (κ3) is 3.25. The van der Waals surface area contributed by atoms with Crippen LogP contribution < -0.4 is 0 Å². The Morgan fingerprint density at radius 1 is 1.13 bits per heavy atom. The van der Waals surface area contributed by atoms with Crippen LogP contribution in [0.15, 0.2) is 30.3 Å². The van der Waals surface area contributed by atoms with Crippen LogP contribution in [0.4, 0.5) is 0 Å². The van der Waals surface area contributed by atoms with Crippen molar-refractivity contribution in [2.75, 3.05) is 0 Å². The minimum Gasteiger partial charge on any atom is -0.392 e. The summed E-state index contributed by atoms with van der Waals surface area (Å²) in [4.78, 5) is 0.